The van der Waals surface area contributed by atoms with Gasteiger partial charge in [0.2, 0.25) is 0 Å². The van der Waals surface area contributed by atoms with Crippen LogP contribution in [0.25, 0.3) is 0 Å². The highest BCUT2D eigenvalue weighted by atomic mass is 35.5. The predicted molar refractivity (Wildman–Crippen MR) is 75.6 cm³/mol. The molecule has 21 heavy (non-hydrogen) atoms. The number of hydrogen-bond donors (Lipinski definition) is 2. The van der Waals surface area contributed by atoms with Gasteiger partial charge in [-0.3, -0.25) is 15.5 Å². The number of benzene rings is 2. The number of nitro groups is 1. The molecule has 0 unspecified atom stereocenters. The standard InChI is InChI=1S/C13H9ClFN3O3/c14-8-5-4-7(18(19)20)6-11(8)21-10-3-1-2-9(15)12(10)13(16)17/h1-6H,(H3,16,17). The molecule has 6 nitrogen and oxygen atoms in total. The Morgan fingerprint density at radius 1 is 1.33 bits per heavy atom. The van der Waals surface area contributed by atoms with E-state index >= 15 is 0 Å². The van der Waals surface area contributed by atoms with Crippen LogP contribution in [0, 0.1) is 21.3 Å². The summed E-state index contributed by atoms with van der Waals surface area (Å²) < 4.78 is 19.0. The van der Waals surface area contributed by atoms with Crippen molar-refractivity contribution in [2.45, 2.75) is 0 Å². The fraction of sp³-hybridized carbons (Fsp3) is 0. The minimum absolute atomic E-state index is 0.0287. The Balaban J connectivity index is 2.48. The lowest BCUT2D eigenvalue weighted by Gasteiger charge is -2.11. The number of nitrogens with zero attached hydrogens (tertiary/aromatic N) is 1. The minimum Gasteiger partial charge on any atom is -0.455 e. The molecule has 0 atom stereocenters. The summed E-state index contributed by atoms with van der Waals surface area (Å²) in [5.74, 6) is -1.34. The zero-order valence-corrected chi connectivity index (χ0v) is 11.2. The average Bonchev–Trinajstić information content (AvgIpc) is 2.40. The second-order valence-corrected chi connectivity index (χ2v) is 4.41. The lowest BCUT2D eigenvalue weighted by atomic mass is 10.1. The van der Waals surface area contributed by atoms with Crippen LogP contribution in [0.1, 0.15) is 5.56 Å². The van der Waals surface area contributed by atoms with Gasteiger partial charge in [-0.05, 0) is 18.2 Å². The Kier molecular flexibility index (Phi) is 4.04. The number of ether oxygens (including phenoxy) is 1. The van der Waals surface area contributed by atoms with Crippen molar-refractivity contribution in [3.8, 4) is 11.5 Å². The number of halogens is 2. The number of hydrogen-bond acceptors (Lipinski definition) is 4. The zero-order valence-electron chi connectivity index (χ0n) is 10.5. The van der Waals surface area contributed by atoms with Crippen LogP contribution in [0.2, 0.25) is 5.02 Å². The van der Waals surface area contributed by atoms with Gasteiger partial charge in [0.05, 0.1) is 21.6 Å². The maximum atomic E-state index is 13.7. The highest BCUT2D eigenvalue weighted by Crippen LogP contribution is 2.34. The van der Waals surface area contributed by atoms with Crippen LogP contribution in [0.4, 0.5) is 10.1 Å². The van der Waals surface area contributed by atoms with E-state index in [9.17, 15) is 14.5 Å². The molecule has 0 aliphatic carbocycles. The van der Waals surface area contributed by atoms with Crippen molar-refractivity contribution in [1.29, 1.82) is 5.41 Å². The third-order valence-corrected chi connectivity index (χ3v) is 2.90. The lowest BCUT2D eigenvalue weighted by Crippen LogP contribution is -2.14. The molecule has 0 saturated heterocycles. The molecule has 2 rings (SSSR count). The highest BCUT2D eigenvalue weighted by molar-refractivity contribution is 6.32. The number of nitrogens with one attached hydrogen (secondary N) is 1. The molecule has 8 heteroatoms. The summed E-state index contributed by atoms with van der Waals surface area (Å²) in [7, 11) is 0. The fourth-order valence-corrected chi connectivity index (χ4v) is 1.81. The number of rotatable bonds is 4. The molecule has 0 spiro atoms. The van der Waals surface area contributed by atoms with E-state index in [1.54, 1.807) is 0 Å². The number of non-ortho nitro benzene ring substituents is 1. The Labute approximate surface area is 123 Å². The fourth-order valence-electron chi connectivity index (χ4n) is 1.65. The highest BCUT2D eigenvalue weighted by Gasteiger charge is 2.16. The molecule has 0 radical (unpaired) electrons. The van der Waals surface area contributed by atoms with Gasteiger partial charge in [0.1, 0.15) is 17.4 Å². The summed E-state index contributed by atoms with van der Waals surface area (Å²) in [6.07, 6.45) is 0. The Morgan fingerprint density at radius 2 is 2.05 bits per heavy atom. The van der Waals surface area contributed by atoms with Crippen LogP contribution in [0.5, 0.6) is 11.5 Å². The molecule has 0 aromatic heterocycles. The van der Waals surface area contributed by atoms with Crippen molar-refractivity contribution in [2.75, 3.05) is 0 Å². The quantitative estimate of drug-likeness (QED) is 0.390. The molecule has 0 fully saturated rings. The first-order valence-electron chi connectivity index (χ1n) is 5.65. The summed E-state index contributed by atoms with van der Waals surface area (Å²) in [6, 6.07) is 7.49. The second kappa shape index (κ2) is 5.76. The molecule has 0 saturated carbocycles. The van der Waals surface area contributed by atoms with E-state index in [4.69, 9.17) is 27.5 Å². The molecule has 2 aromatic rings. The van der Waals surface area contributed by atoms with Gasteiger partial charge in [-0.25, -0.2) is 4.39 Å². The van der Waals surface area contributed by atoms with E-state index in [1.165, 1.54) is 24.3 Å². The van der Waals surface area contributed by atoms with Gasteiger partial charge in [0.15, 0.2) is 5.75 Å². The first kappa shape index (κ1) is 14.7. The molecular weight excluding hydrogens is 301 g/mol. The van der Waals surface area contributed by atoms with Crippen molar-refractivity contribution in [3.63, 3.8) is 0 Å². The van der Waals surface area contributed by atoms with Crippen LogP contribution in [-0.2, 0) is 0 Å². The van der Waals surface area contributed by atoms with Crippen LogP contribution >= 0.6 is 11.6 Å². The van der Waals surface area contributed by atoms with Gasteiger partial charge in [0.25, 0.3) is 5.69 Å². The van der Waals surface area contributed by atoms with Gasteiger partial charge in [-0.1, -0.05) is 17.7 Å². The maximum Gasteiger partial charge on any atom is 0.273 e. The van der Waals surface area contributed by atoms with E-state index in [2.05, 4.69) is 0 Å². The first-order chi connectivity index (χ1) is 9.90. The smallest absolute Gasteiger partial charge is 0.273 e. The summed E-state index contributed by atoms with van der Waals surface area (Å²) in [6.45, 7) is 0. The van der Waals surface area contributed by atoms with E-state index in [0.717, 1.165) is 12.1 Å². The van der Waals surface area contributed by atoms with Gasteiger partial charge in [-0.15, -0.1) is 0 Å². The first-order valence-corrected chi connectivity index (χ1v) is 6.02. The van der Waals surface area contributed by atoms with E-state index < -0.39 is 16.6 Å². The Morgan fingerprint density at radius 3 is 2.67 bits per heavy atom. The molecular formula is C13H9ClFN3O3. The molecule has 0 aliphatic heterocycles. The van der Waals surface area contributed by atoms with Crippen molar-refractivity contribution in [2.24, 2.45) is 5.73 Å². The van der Waals surface area contributed by atoms with Crippen molar-refractivity contribution in [1.82, 2.24) is 0 Å². The lowest BCUT2D eigenvalue weighted by molar-refractivity contribution is -0.384. The van der Waals surface area contributed by atoms with Crippen molar-refractivity contribution >= 4 is 23.1 Å². The molecule has 0 aliphatic rings. The number of nitro benzene ring substituents is 1. The van der Waals surface area contributed by atoms with Gasteiger partial charge in [0, 0.05) is 6.07 Å². The Hall–Kier alpha value is -2.67. The minimum atomic E-state index is -0.735. The van der Waals surface area contributed by atoms with Gasteiger partial charge >= 0.3 is 0 Å². The molecule has 0 bridgehead atoms. The number of nitrogen functional groups attached to an aromatic ring is 1. The number of amidine groups is 1. The summed E-state index contributed by atoms with van der Waals surface area (Å²) in [5.41, 5.74) is 4.84. The maximum absolute atomic E-state index is 13.7. The molecule has 108 valence electrons. The van der Waals surface area contributed by atoms with Crippen LogP contribution in [0.15, 0.2) is 36.4 Å². The van der Waals surface area contributed by atoms with Crippen molar-refractivity contribution in [3.05, 3.63) is 62.9 Å². The molecule has 2 aromatic carbocycles. The molecule has 3 N–H and O–H groups in total. The normalized spacial score (nSPS) is 10.2. The second-order valence-electron chi connectivity index (χ2n) is 4.00. The summed E-state index contributed by atoms with van der Waals surface area (Å²) in [4.78, 5) is 10.1. The van der Waals surface area contributed by atoms with Crippen LogP contribution in [0.3, 0.4) is 0 Å². The zero-order chi connectivity index (χ0) is 15.6. The topological polar surface area (TPSA) is 102 Å². The van der Waals surface area contributed by atoms with Crippen LogP contribution in [-0.4, -0.2) is 10.8 Å². The van der Waals surface area contributed by atoms with E-state index in [-0.39, 0.29) is 27.8 Å². The third kappa shape index (κ3) is 3.09. The Bertz CT molecular complexity index is 737. The summed E-state index contributed by atoms with van der Waals surface area (Å²) in [5, 5.41) is 18.2. The SMILES string of the molecule is N=C(N)c1c(F)cccc1Oc1cc([N+](=O)[O-])ccc1Cl. The number of nitrogens with two attached hydrogens (primary N) is 1. The molecule has 0 heterocycles. The third-order valence-electron chi connectivity index (χ3n) is 2.59. The van der Waals surface area contributed by atoms with Crippen molar-refractivity contribution < 1.29 is 14.1 Å². The van der Waals surface area contributed by atoms with Crippen LogP contribution < -0.4 is 10.5 Å². The van der Waals surface area contributed by atoms with Gasteiger partial charge < -0.3 is 10.5 Å². The average molecular weight is 310 g/mol. The monoisotopic (exact) mass is 309 g/mol. The van der Waals surface area contributed by atoms with E-state index in [0.29, 0.717) is 0 Å². The van der Waals surface area contributed by atoms with E-state index in [1.807, 2.05) is 0 Å². The molecule has 0 amide bonds. The largest absolute Gasteiger partial charge is 0.455 e. The predicted octanol–water partition coefficient (Wildman–Crippen LogP) is 3.46. The summed E-state index contributed by atoms with van der Waals surface area (Å²) >= 11 is 5.90. The van der Waals surface area contributed by atoms with Gasteiger partial charge in [-0.2, -0.15) is 0 Å².